The zero-order chi connectivity index (χ0) is 24.5. The summed E-state index contributed by atoms with van der Waals surface area (Å²) in [7, 11) is 1.83. The number of hydrogen-bond acceptors (Lipinski definition) is 5. The topological polar surface area (TPSA) is 56.6 Å². The Morgan fingerprint density at radius 3 is 2.43 bits per heavy atom. The molecule has 0 fully saturated rings. The predicted octanol–water partition coefficient (Wildman–Crippen LogP) is 5.72. The zero-order valence-corrected chi connectivity index (χ0v) is 21.0. The number of para-hydroxylation sites is 1. The van der Waals surface area contributed by atoms with Crippen molar-refractivity contribution in [1.82, 2.24) is 14.0 Å². The Labute approximate surface area is 209 Å². The van der Waals surface area contributed by atoms with Crippen LogP contribution in [0.5, 0.6) is 0 Å². The van der Waals surface area contributed by atoms with Crippen LogP contribution in [0.1, 0.15) is 17.5 Å². The molecule has 6 nitrogen and oxygen atoms in total. The molecule has 5 aromatic rings. The van der Waals surface area contributed by atoms with E-state index in [0.29, 0.717) is 27.4 Å². The van der Waals surface area contributed by atoms with Gasteiger partial charge in [-0.2, -0.15) is 5.10 Å². The van der Waals surface area contributed by atoms with E-state index >= 15 is 0 Å². The highest BCUT2D eigenvalue weighted by Crippen LogP contribution is 2.25. The summed E-state index contributed by atoms with van der Waals surface area (Å²) in [5.41, 5.74) is 3.30. The highest BCUT2D eigenvalue weighted by molar-refractivity contribution is 7.12. The van der Waals surface area contributed by atoms with Crippen molar-refractivity contribution in [1.29, 1.82) is 0 Å². The van der Waals surface area contributed by atoms with Crippen LogP contribution in [0.25, 0.3) is 16.9 Å². The number of thiazole rings is 1. The van der Waals surface area contributed by atoms with Crippen molar-refractivity contribution in [3.05, 3.63) is 109 Å². The summed E-state index contributed by atoms with van der Waals surface area (Å²) in [4.78, 5) is 19.6. The molecule has 0 saturated carbocycles. The van der Waals surface area contributed by atoms with E-state index in [0.717, 1.165) is 16.3 Å². The first-order valence-corrected chi connectivity index (χ1v) is 12.7. The Hall–Kier alpha value is -3.82. The van der Waals surface area contributed by atoms with Crippen molar-refractivity contribution in [2.75, 3.05) is 0 Å². The number of thiophene rings is 1. The quantitative estimate of drug-likeness (QED) is 0.283. The minimum Gasteiger partial charge on any atom is -0.283 e. The van der Waals surface area contributed by atoms with E-state index in [1.165, 1.54) is 17.4 Å². The highest BCUT2D eigenvalue weighted by Gasteiger charge is 2.18. The molecule has 3 heterocycles. The first-order chi connectivity index (χ1) is 17.0. The standard InChI is InChI=1S/C26H22FN5OS2/c1-17(23-14-9-15-34-23)29-31-22(20-12-7-8-13-21(20)27)16-35-26(31)28-24-18(2)30(3)32(25(24)33)19-10-5-4-6-11-19/h4-16H,1-3H3. The fourth-order valence-corrected chi connectivity index (χ4v) is 5.29. The van der Waals surface area contributed by atoms with Gasteiger partial charge in [-0.3, -0.25) is 9.48 Å². The molecule has 5 rings (SSSR count). The minimum atomic E-state index is -0.350. The molecule has 0 aliphatic carbocycles. The van der Waals surface area contributed by atoms with Crippen molar-refractivity contribution in [2.45, 2.75) is 13.8 Å². The lowest BCUT2D eigenvalue weighted by Gasteiger charge is -2.07. The summed E-state index contributed by atoms with van der Waals surface area (Å²) in [6, 6.07) is 19.9. The van der Waals surface area contributed by atoms with Gasteiger partial charge in [-0.05, 0) is 49.6 Å². The van der Waals surface area contributed by atoms with E-state index < -0.39 is 0 Å². The summed E-state index contributed by atoms with van der Waals surface area (Å²) >= 11 is 2.88. The van der Waals surface area contributed by atoms with Crippen molar-refractivity contribution < 1.29 is 4.39 Å². The van der Waals surface area contributed by atoms with Crippen LogP contribution in [0.4, 0.5) is 10.1 Å². The fraction of sp³-hybridized carbons (Fsp3) is 0.115. The molecular formula is C26H22FN5OS2. The van der Waals surface area contributed by atoms with Crippen molar-refractivity contribution in [3.8, 4) is 16.9 Å². The molecule has 0 unspecified atom stereocenters. The predicted molar refractivity (Wildman–Crippen MR) is 141 cm³/mol. The number of rotatable bonds is 5. The lowest BCUT2D eigenvalue weighted by atomic mass is 10.1. The number of benzene rings is 2. The van der Waals surface area contributed by atoms with Crippen LogP contribution in [-0.2, 0) is 7.05 Å². The molecule has 35 heavy (non-hydrogen) atoms. The van der Waals surface area contributed by atoms with E-state index in [9.17, 15) is 9.18 Å². The monoisotopic (exact) mass is 503 g/mol. The van der Waals surface area contributed by atoms with Gasteiger partial charge in [0.05, 0.1) is 27.7 Å². The van der Waals surface area contributed by atoms with Crippen molar-refractivity contribution in [2.24, 2.45) is 17.1 Å². The smallest absolute Gasteiger partial charge is 0.283 e. The molecule has 0 saturated heterocycles. The average molecular weight is 504 g/mol. The number of hydrogen-bond donors (Lipinski definition) is 0. The van der Waals surface area contributed by atoms with Crippen molar-refractivity contribution >= 4 is 34.1 Å². The number of nitrogens with zero attached hydrogens (tertiary/aromatic N) is 5. The fourth-order valence-electron chi connectivity index (χ4n) is 3.79. The van der Waals surface area contributed by atoms with Crippen LogP contribution < -0.4 is 10.4 Å². The average Bonchev–Trinajstić information content (AvgIpc) is 3.58. The van der Waals surface area contributed by atoms with Crippen LogP contribution >= 0.6 is 22.7 Å². The first kappa shape index (κ1) is 22.9. The van der Waals surface area contributed by atoms with Gasteiger partial charge in [-0.1, -0.05) is 36.4 Å². The SMILES string of the molecule is CC(=Nn1c(-c2ccccc2F)csc1=Nc1c(C)n(C)n(-c2ccccc2)c1=O)c1cccs1. The highest BCUT2D eigenvalue weighted by atomic mass is 32.1. The van der Waals surface area contributed by atoms with E-state index in [1.807, 2.05) is 74.1 Å². The maximum atomic E-state index is 14.7. The molecular weight excluding hydrogens is 481 g/mol. The summed E-state index contributed by atoms with van der Waals surface area (Å²) in [6.45, 7) is 3.76. The molecule has 0 aliphatic heterocycles. The van der Waals surface area contributed by atoms with E-state index in [2.05, 4.69) is 0 Å². The maximum absolute atomic E-state index is 14.7. The maximum Gasteiger partial charge on any atom is 0.297 e. The molecule has 0 bridgehead atoms. The Balaban J connectivity index is 1.75. The minimum absolute atomic E-state index is 0.234. The van der Waals surface area contributed by atoms with Crippen molar-refractivity contribution in [3.63, 3.8) is 0 Å². The third kappa shape index (κ3) is 4.24. The molecule has 0 spiro atoms. The third-order valence-corrected chi connectivity index (χ3v) is 7.49. The van der Waals surface area contributed by atoms with Gasteiger partial charge in [0.15, 0.2) is 5.69 Å². The van der Waals surface area contributed by atoms with E-state index in [1.54, 1.807) is 43.6 Å². The van der Waals surface area contributed by atoms with Gasteiger partial charge in [0.25, 0.3) is 5.56 Å². The molecule has 0 radical (unpaired) electrons. The second kappa shape index (κ2) is 9.44. The molecule has 9 heteroatoms. The van der Waals surface area contributed by atoms with Crippen LogP contribution in [0.3, 0.4) is 0 Å². The third-order valence-electron chi connectivity index (χ3n) is 5.69. The normalized spacial score (nSPS) is 12.5. The van der Waals surface area contributed by atoms with Crippen LogP contribution in [-0.4, -0.2) is 19.8 Å². The summed E-state index contributed by atoms with van der Waals surface area (Å²) < 4.78 is 19.7. The Bertz CT molecular complexity index is 1650. The zero-order valence-electron chi connectivity index (χ0n) is 19.3. The Morgan fingerprint density at radius 1 is 0.971 bits per heavy atom. The lowest BCUT2D eigenvalue weighted by Crippen LogP contribution is -2.20. The van der Waals surface area contributed by atoms with Gasteiger partial charge in [-0.25, -0.2) is 18.7 Å². The number of halogens is 1. The lowest BCUT2D eigenvalue weighted by molar-refractivity contribution is 0.629. The molecule has 0 N–H and O–H groups in total. The number of aromatic nitrogens is 3. The molecule has 3 aromatic heterocycles. The molecule has 0 aliphatic rings. The van der Waals surface area contributed by atoms with Gasteiger partial charge < -0.3 is 0 Å². The van der Waals surface area contributed by atoms with Crippen LogP contribution in [0.2, 0.25) is 0 Å². The summed E-state index contributed by atoms with van der Waals surface area (Å²) in [5, 5.41) is 8.60. The summed E-state index contributed by atoms with van der Waals surface area (Å²) in [5.74, 6) is -0.350. The largest absolute Gasteiger partial charge is 0.297 e. The first-order valence-electron chi connectivity index (χ1n) is 10.9. The van der Waals surface area contributed by atoms with Gasteiger partial charge in [0.1, 0.15) is 5.82 Å². The van der Waals surface area contributed by atoms with E-state index in [-0.39, 0.29) is 11.4 Å². The molecule has 0 atom stereocenters. The van der Waals surface area contributed by atoms with Crippen LogP contribution in [0.15, 0.2) is 92.4 Å². The van der Waals surface area contributed by atoms with Gasteiger partial charge >= 0.3 is 0 Å². The molecule has 176 valence electrons. The second-order valence-corrected chi connectivity index (χ2v) is 9.66. The Morgan fingerprint density at radius 2 is 1.71 bits per heavy atom. The molecule has 2 aromatic carbocycles. The van der Waals surface area contributed by atoms with Gasteiger partial charge in [-0.15, -0.1) is 22.7 Å². The summed E-state index contributed by atoms with van der Waals surface area (Å²) in [6.07, 6.45) is 0. The second-order valence-electron chi connectivity index (χ2n) is 7.88. The Kier molecular flexibility index (Phi) is 6.19. The molecule has 0 amide bonds. The van der Waals surface area contributed by atoms with Gasteiger partial charge in [0.2, 0.25) is 4.80 Å². The van der Waals surface area contributed by atoms with Crippen LogP contribution in [0, 0.1) is 12.7 Å². The van der Waals surface area contributed by atoms with E-state index in [4.69, 9.17) is 10.1 Å². The van der Waals surface area contributed by atoms with Gasteiger partial charge in [0, 0.05) is 18.0 Å².